The average Bonchev–Trinajstić information content (AvgIpc) is 3.09. The van der Waals surface area contributed by atoms with Crippen LogP contribution in [0.1, 0.15) is 22.5 Å². The van der Waals surface area contributed by atoms with Gasteiger partial charge in [0.05, 0.1) is 23.4 Å². The van der Waals surface area contributed by atoms with Gasteiger partial charge in [0.2, 0.25) is 5.91 Å². The molecule has 0 spiro atoms. The maximum atomic E-state index is 12.4. The number of rotatable bonds is 8. The molecular formula is C17H18Cl2N2O3S. The minimum atomic E-state index is -0.665. The fourth-order valence-electron chi connectivity index (χ4n) is 2.12. The molecule has 0 bridgehead atoms. The Morgan fingerprint density at radius 2 is 2.08 bits per heavy atom. The van der Waals surface area contributed by atoms with Crippen molar-refractivity contribution in [3.63, 3.8) is 0 Å². The van der Waals surface area contributed by atoms with Gasteiger partial charge in [0, 0.05) is 5.02 Å². The van der Waals surface area contributed by atoms with E-state index in [2.05, 4.69) is 10.6 Å². The van der Waals surface area contributed by atoms with Crippen LogP contribution in [0.15, 0.2) is 41.0 Å². The molecule has 0 saturated heterocycles. The minimum absolute atomic E-state index is 0.240. The quantitative estimate of drug-likeness (QED) is 0.707. The van der Waals surface area contributed by atoms with Crippen molar-refractivity contribution < 1.29 is 14.0 Å². The normalized spacial score (nSPS) is 11.8. The number of hydrogen-bond donors (Lipinski definition) is 2. The SMILES string of the molecule is CSCCC(NC(=O)c1ccc(Cl)cc1Cl)C(=O)NCc1ccco1. The van der Waals surface area contributed by atoms with E-state index in [1.54, 1.807) is 30.0 Å². The van der Waals surface area contributed by atoms with Gasteiger partial charge >= 0.3 is 0 Å². The fraction of sp³-hybridized carbons (Fsp3) is 0.294. The molecule has 0 aliphatic carbocycles. The van der Waals surface area contributed by atoms with E-state index in [4.69, 9.17) is 27.6 Å². The summed E-state index contributed by atoms with van der Waals surface area (Å²) in [5, 5.41) is 6.18. The first-order chi connectivity index (χ1) is 12.0. The van der Waals surface area contributed by atoms with Gasteiger partial charge in [-0.2, -0.15) is 11.8 Å². The number of hydrogen-bond acceptors (Lipinski definition) is 4. The van der Waals surface area contributed by atoms with Gasteiger partial charge in [0.15, 0.2) is 0 Å². The number of carbonyl (C=O) groups excluding carboxylic acids is 2. The zero-order chi connectivity index (χ0) is 18.2. The van der Waals surface area contributed by atoms with Gasteiger partial charge < -0.3 is 15.1 Å². The smallest absolute Gasteiger partial charge is 0.253 e. The number of benzene rings is 1. The lowest BCUT2D eigenvalue weighted by Crippen LogP contribution is -2.46. The van der Waals surface area contributed by atoms with Crippen LogP contribution in [0, 0.1) is 0 Å². The van der Waals surface area contributed by atoms with Crippen molar-refractivity contribution in [3.05, 3.63) is 58.0 Å². The van der Waals surface area contributed by atoms with Crippen LogP contribution in [0.3, 0.4) is 0 Å². The molecule has 1 atom stereocenters. The molecule has 1 unspecified atom stereocenters. The van der Waals surface area contributed by atoms with Gasteiger partial charge in [-0.3, -0.25) is 9.59 Å². The van der Waals surface area contributed by atoms with Gasteiger partial charge in [0.25, 0.3) is 5.91 Å². The Morgan fingerprint density at radius 1 is 1.28 bits per heavy atom. The molecule has 1 heterocycles. The molecule has 25 heavy (non-hydrogen) atoms. The van der Waals surface area contributed by atoms with E-state index in [1.165, 1.54) is 18.4 Å². The van der Waals surface area contributed by atoms with Crippen molar-refractivity contribution in [2.24, 2.45) is 0 Å². The molecule has 134 valence electrons. The Kier molecular flexibility index (Phi) is 7.68. The summed E-state index contributed by atoms with van der Waals surface area (Å²) in [6.45, 7) is 0.263. The number of furan rings is 1. The van der Waals surface area contributed by atoms with Gasteiger partial charge in [-0.1, -0.05) is 23.2 Å². The molecule has 1 aromatic heterocycles. The summed E-state index contributed by atoms with van der Waals surface area (Å²) in [5.74, 6) is 0.682. The highest BCUT2D eigenvalue weighted by Gasteiger charge is 2.22. The van der Waals surface area contributed by atoms with Gasteiger partial charge in [-0.25, -0.2) is 0 Å². The summed E-state index contributed by atoms with van der Waals surface area (Å²) in [6, 6.07) is 7.45. The zero-order valence-corrected chi connectivity index (χ0v) is 15.9. The summed E-state index contributed by atoms with van der Waals surface area (Å²) in [7, 11) is 0. The summed E-state index contributed by atoms with van der Waals surface area (Å²) in [6.07, 6.45) is 3.98. The maximum Gasteiger partial charge on any atom is 0.253 e. The van der Waals surface area contributed by atoms with Gasteiger partial charge in [0.1, 0.15) is 11.8 Å². The molecule has 2 rings (SSSR count). The second-order valence-corrected chi connectivity index (χ2v) is 7.06. The molecule has 1 aromatic carbocycles. The van der Waals surface area contributed by atoms with Crippen molar-refractivity contribution in [2.45, 2.75) is 19.0 Å². The van der Waals surface area contributed by atoms with Crippen LogP contribution in [0.4, 0.5) is 0 Å². The number of carbonyl (C=O) groups is 2. The molecule has 0 aliphatic rings. The van der Waals surface area contributed by atoms with Crippen molar-refractivity contribution in [3.8, 4) is 0 Å². The lowest BCUT2D eigenvalue weighted by atomic mass is 10.1. The van der Waals surface area contributed by atoms with Gasteiger partial charge in [-0.15, -0.1) is 0 Å². The molecule has 0 aliphatic heterocycles. The van der Waals surface area contributed by atoms with Crippen LogP contribution in [-0.2, 0) is 11.3 Å². The molecule has 2 aromatic rings. The molecule has 0 radical (unpaired) electrons. The Labute approximate surface area is 160 Å². The lowest BCUT2D eigenvalue weighted by molar-refractivity contribution is -0.123. The summed E-state index contributed by atoms with van der Waals surface area (Å²) in [5.41, 5.74) is 0.277. The minimum Gasteiger partial charge on any atom is -0.467 e. The molecule has 0 fully saturated rings. The van der Waals surface area contributed by atoms with Crippen LogP contribution < -0.4 is 10.6 Å². The highest BCUT2D eigenvalue weighted by molar-refractivity contribution is 7.98. The second kappa shape index (κ2) is 9.75. The van der Waals surface area contributed by atoms with Crippen molar-refractivity contribution in [1.29, 1.82) is 0 Å². The predicted octanol–water partition coefficient (Wildman–Crippen LogP) is 3.75. The summed E-state index contributed by atoms with van der Waals surface area (Å²) >= 11 is 13.5. The third kappa shape index (κ3) is 5.99. The highest BCUT2D eigenvalue weighted by atomic mass is 35.5. The Bertz CT molecular complexity index is 723. The second-order valence-electron chi connectivity index (χ2n) is 5.23. The van der Waals surface area contributed by atoms with Crippen LogP contribution in [-0.4, -0.2) is 29.9 Å². The predicted molar refractivity (Wildman–Crippen MR) is 101 cm³/mol. The molecule has 0 saturated carbocycles. The van der Waals surface area contributed by atoms with E-state index in [0.717, 1.165) is 5.75 Å². The monoisotopic (exact) mass is 400 g/mol. The Hall–Kier alpha value is -1.63. The topological polar surface area (TPSA) is 71.3 Å². The van der Waals surface area contributed by atoms with Gasteiger partial charge in [-0.05, 0) is 48.8 Å². The van der Waals surface area contributed by atoms with E-state index >= 15 is 0 Å². The Balaban J connectivity index is 2.02. The van der Waals surface area contributed by atoms with E-state index < -0.39 is 11.9 Å². The van der Waals surface area contributed by atoms with E-state index in [0.29, 0.717) is 17.2 Å². The summed E-state index contributed by atoms with van der Waals surface area (Å²) < 4.78 is 5.19. The number of amides is 2. The average molecular weight is 401 g/mol. The highest BCUT2D eigenvalue weighted by Crippen LogP contribution is 2.21. The largest absolute Gasteiger partial charge is 0.467 e. The third-order valence-corrected chi connectivity index (χ3v) is 4.62. The molecule has 2 N–H and O–H groups in total. The third-order valence-electron chi connectivity index (χ3n) is 3.43. The first kappa shape index (κ1) is 19.7. The summed E-state index contributed by atoms with van der Waals surface area (Å²) in [4.78, 5) is 24.9. The Morgan fingerprint density at radius 3 is 2.72 bits per heavy atom. The standard InChI is InChI=1S/C17H18Cl2N2O3S/c1-25-8-6-15(17(23)20-10-12-3-2-7-24-12)21-16(22)13-5-4-11(18)9-14(13)19/h2-5,7,9,15H,6,8,10H2,1H3,(H,20,23)(H,21,22). The number of thioether (sulfide) groups is 1. The molecule has 2 amide bonds. The molecular weight excluding hydrogens is 383 g/mol. The maximum absolute atomic E-state index is 12.4. The molecule has 8 heteroatoms. The van der Waals surface area contributed by atoms with Crippen molar-refractivity contribution in [1.82, 2.24) is 10.6 Å². The molecule has 5 nitrogen and oxygen atoms in total. The first-order valence-electron chi connectivity index (χ1n) is 7.56. The zero-order valence-electron chi connectivity index (χ0n) is 13.6. The van der Waals surface area contributed by atoms with Crippen LogP contribution in [0.2, 0.25) is 10.0 Å². The fourth-order valence-corrected chi connectivity index (χ4v) is 3.09. The lowest BCUT2D eigenvalue weighted by Gasteiger charge is -2.18. The van der Waals surface area contributed by atoms with Crippen LogP contribution in [0.25, 0.3) is 0 Å². The van der Waals surface area contributed by atoms with E-state index in [1.807, 2.05) is 6.26 Å². The number of halogens is 2. The van der Waals surface area contributed by atoms with Crippen LogP contribution >= 0.6 is 35.0 Å². The van der Waals surface area contributed by atoms with E-state index in [9.17, 15) is 9.59 Å². The first-order valence-corrected chi connectivity index (χ1v) is 9.71. The van der Waals surface area contributed by atoms with Crippen LogP contribution in [0.5, 0.6) is 0 Å². The van der Waals surface area contributed by atoms with Crippen molar-refractivity contribution in [2.75, 3.05) is 12.0 Å². The van der Waals surface area contributed by atoms with Crippen molar-refractivity contribution >= 4 is 46.8 Å². The van der Waals surface area contributed by atoms with E-state index in [-0.39, 0.29) is 23.0 Å². The number of nitrogens with one attached hydrogen (secondary N) is 2.